The first-order chi connectivity index (χ1) is 7.38. The highest BCUT2D eigenvalue weighted by Crippen LogP contribution is 2.20. The van der Waals surface area contributed by atoms with Crippen LogP contribution < -0.4 is 5.73 Å². The third kappa shape index (κ3) is 3.05. The normalized spacial score (nSPS) is 17.9. The average Bonchev–Trinajstić information content (AvgIpc) is 2.31. The molecule has 1 aliphatic rings. The molecule has 0 aliphatic carbocycles. The van der Waals surface area contributed by atoms with Crippen LogP contribution in [0.1, 0.15) is 24.0 Å². The van der Waals surface area contributed by atoms with Gasteiger partial charge >= 0.3 is 0 Å². The van der Waals surface area contributed by atoms with Crippen molar-refractivity contribution in [1.82, 2.24) is 0 Å². The van der Waals surface area contributed by atoms with Crippen LogP contribution in [0.15, 0.2) is 24.3 Å². The van der Waals surface area contributed by atoms with E-state index in [1.165, 1.54) is 30.4 Å². The van der Waals surface area contributed by atoms with Crippen molar-refractivity contribution in [2.24, 2.45) is 11.7 Å². The second-order valence-electron chi connectivity index (χ2n) is 4.28. The maximum absolute atomic E-state index is 5.63. The van der Waals surface area contributed by atoms with Crippen LogP contribution in [0.2, 0.25) is 0 Å². The van der Waals surface area contributed by atoms with Gasteiger partial charge in [0, 0.05) is 19.8 Å². The Morgan fingerprint density at radius 2 is 1.93 bits per heavy atom. The lowest BCUT2D eigenvalue weighted by atomic mass is 9.92. The van der Waals surface area contributed by atoms with E-state index in [2.05, 4.69) is 24.3 Å². The predicted molar refractivity (Wildman–Crippen MR) is 61.6 cm³/mol. The molecule has 0 saturated carbocycles. The lowest BCUT2D eigenvalue weighted by Gasteiger charge is -2.22. The van der Waals surface area contributed by atoms with Crippen molar-refractivity contribution in [2.75, 3.05) is 13.2 Å². The summed E-state index contributed by atoms with van der Waals surface area (Å²) in [5.41, 5.74) is 8.29. The first-order valence-corrected chi connectivity index (χ1v) is 5.74. The average molecular weight is 205 g/mol. The number of benzene rings is 1. The van der Waals surface area contributed by atoms with Gasteiger partial charge in [-0.3, -0.25) is 0 Å². The summed E-state index contributed by atoms with van der Waals surface area (Å²) < 4.78 is 5.36. The van der Waals surface area contributed by atoms with Crippen molar-refractivity contribution in [3.63, 3.8) is 0 Å². The van der Waals surface area contributed by atoms with E-state index >= 15 is 0 Å². The number of hydrogen-bond donors (Lipinski definition) is 1. The highest BCUT2D eigenvalue weighted by atomic mass is 16.5. The first kappa shape index (κ1) is 10.7. The molecular weight excluding hydrogens is 186 g/mol. The molecule has 2 heteroatoms. The van der Waals surface area contributed by atoms with Crippen molar-refractivity contribution >= 4 is 0 Å². The Labute approximate surface area is 91.4 Å². The van der Waals surface area contributed by atoms with E-state index in [9.17, 15) is 0 Å². The van der Waals surface area contributed by atoms with Gasteiger partial charge in [-0.1, -0.05) is 24.3 Å². The molecule has 0 atom stereocenters. The van der Waals surface area contributed by atoms with Crippen LogP contribution in [-0.4, -0.2) is 13.2 Å². The molecule has 0 radical (unpaired) electrons. The van der Waals surface area contributed by atoms with Gasteiger partial charge in [0.2, 0.25) is 0 Å². The molecule has 1 aliphatic heterocycles. The van der Waals surface area contributed by atoms with Gasteiger partial charge in [0.25, 0.3) is 0 Å². The molecule has 2 rings (SSSR count). The zero-order chi connectivity index (χ0) is 10.5. The second kappa shape index (κ2) is 5.29. The fraction of sp³-hybridized carbons (Fsp3) is 0.538. The summed E-state index contributed by atoms with van der Waals surface area (Å²) in [7, 11) is 0. The fourth-order valence-electron chi connectivity index (χ4n) is 2.17. The molecule has 0 amide bonds. The van der Waals surface area contributed by atoms with Crippen molar-refractivity contribution < 1.29 is 4.74 Å². The summed E-state index contributed by atoms with van der Waals surface area (Å²) >= 11 is 0. The van der Waals surface area contributed by atoms with E-state index in [1.54, 1.807) is 0 Å². The molecule has 15 heavy (non-hydrogen) atoms. The van der Waals surface area contributed by atoms with Crippen LogP contribution in [0.4, 0.5) is 0 Å². The van der Waals surface area contributed by atoms with Crippen LogP contribution in [0.25, 0.3) is 0 Å². The minimum Gasteiger partial charge on any atom is -0.381 e. The summed E-state index contributed by atoms with van der Waals surface area (Å²) in [4.78, 5) is 0. The van der Waals surface area contributed by atoms with Crippen molar-refractivity contribution in [2.45, 2.75) is 25.8 Å². The molecule has 82 valence electrons. The van der Waals surface area contributed by atoms with E-state index in [4.69, 9.17) is 10.5 Å². The van der Waals surface area contributed by atoms with Gasteiger partial charge in [-0.15, -0.1) is 0 Å². The van der Waals surface area contributed by atoms with Crippen LogP contribution in [0.5, 0.6) is 0 Å². The molecule has 1 heterocycles. The second-order valence-corrected chi connectivity index (χ2v) is 4.28. The summed E-state index contributed by atoms with van der Waals surface area (Å²) in [6, 6.07) is 8.63. The molecule has 2 nitrogen and oxygen atoms in total. The van der Waals surface area contributed by atoms with E-state index in [0.29, 0.717) is 6.54 Å². The van der Waals surface area contributed by atoms with Gasteiger partial charge in [-0.2, -0.15) is 0 Å². The number of hydrogen-bond acceptors (Lipinski definition) is 2. The lowest BCUT2D eigenvalue weighted by molar-refractivity contribution is 0.0665. The first-order valence-electron chi connectivity index (χ1n) is 5.74. The molecule has 0 bridgehead atoms. The SMILES string of the molecule is NCc1cccc(CC2CCOCC2)c1. The van der Waals surface area contributed by atoms with Crippen molar-refractivity contribution in [1.29, 1.82) is 0 Å². The molecule has 1 fully saturated rings. The Bertz CT molecular complexity index is 305. The molecule has 2 N–H and O–H groups in total. The van der Waals surface area contributed by atoms with Gasteiger partial charge in [0.05, 0.1) is 0 Å². The smallest absolute Gasteiger partial charge is 0.0468 e. The Hall–Kier alpha value is -0.860. The van der Waals surface area contributed by atoms with Gasteiger partial charge in [0.15, 0.2) is 0 Å². The molecule has 0 aromatic heterocycles. The third-order valence-corrected chi connectivity index (χ3v) is 3.09. The quantitative estimate of drug-likeness (QED) is 0.820. The lowest BCUT2D eigenvalue weighted by Crippen LogP contribution is -2.17. The minimum atomic E-state index is 0.640. The number of ether oxygens (including phenoxy) is 1. The van der Waals surface area contributed by atoms with E-state index in [-0.39, 0.29) is 0 Å². The van der Waals surface area contributed by atoms with Gasteiger partial charge < -0.3 is 10.5 Å². The molecular formula is C13H19NO. The topological polar surface area (TPSA) is 35.2 Å². The largest absolute Gasteiger partial charge is 0.381 e. The maximum atomic E-state index is 5.63. The molecule has 1 aromatic rings. The Morgan fingerprint density at radius 3 is 2.67 bits per heavy atom. The highest BCUT2D eigenvalue weighted by Gasteiger charge is 2.14. The summed E-state index contributed by atoms with van der Waals surface area (Å²) in [5, 5.41) is 0. The van der Waals surface area contributed by atoms with Crippen LogP contribution >= 0.6 is 0 Å². The standard InChI is InChI=1S/C13H19NO/c14-10-13-3-1-2-12(9-13)8-11-4-6-15-7-5-11/h1-3,9,11H,4-8,10,14H2. The minimum absolute atomic E-state index is 0.640. The van der Waals surface area contributed by atoms with Crippen LogP contribution in [-0.2, 0) is 17.7 Å². The van der Waals surface area contributed by atoms with Crippen molar-refractivity contribution in [3.8, 4) is 0 Å². The molecule has 1 saturated heterocycles. The van der Waals surface area contributed by atoms with E-state index in [1.807, 2.05) is 0 Å². The number of rotatable bonds is 3. The monoisotopic (exact) mass is 205 g/mol. The number of nitrogens with two attached hydrogens (primary N) is 1. The van der Waals surface area contributed by atoms with E-state index < -0.39 is 0 Å². The molecule has 0 unspecified atom stereocenters. The van der Waals surface area contributed by atoms with Crippen LogP contribution in [0, 0.1) is 5.92 Å². The van der Waals surface area contributed by atoms with Crippen molar-refractivity contribution in [3.05, 3.63) is 35.4 Å². The predicted octanol–water partition coefficient (Wildman–Crippen LogP) is 2.11. The van der Waals surface area contributed by atoms with Gasteiger partial charge in [-0.25, -0.2) is 0 Å². The van der Waals surface area contributed by atoms with Crippen LogP contribution in [0.3, 0.4) is 0 Å². The van der Waals surface area contributed by atoms with Gasteiger partial charge in [0.1, 0.15) is 0 Å². The molecule has 1 aromatic carbocycles. The fourth-order valence-corrected chi connectivity index (χ4v) is 2.17. The summed E-state index contributed by atoms with van der Waals surface area (Å²) in [6.45, 7) is 2.50. The summed E-state index contributed by atoms with van der Waals surface area (Å²) in [6.07, 6.45) is 3.58. The zero-order valence-electron chi connectivity index (χ0n) is 9.11. The summed E-state index contributed by atoms with van der Waals surface area (Å²) in [5.74, 6) is 0.798. The third-order valence-electron chi connectivity index (χ3n) is 3.09. The maximum Gasteiger partial charge on any atom is 0.0468 e. The highest BCUT2D eigenvalue weighted by molar-refractivity contribution is 5.23. The van der Waals surface area contributed by atoms with E-state index in [0.717, 1.165) is 19.1 Å². The Morgan fingerprint density at radius 1 is 1.20 bits per heavy atom. The molecule has 0 spiro atoms. The van der Waals surface area contributed by atoms with Gasteiger partial charge in [-0.05, 0) is 36.3 Å². The zero-order valence-corrected chi connectivity index (χ0v) is 9.11. The Kier molecular flexibility index (Phi) is 3.75. The Balaban J connectivity index is 1.96.